The van der Waals surface area contributed by atoms with Crippen molar-refractivity contribution < 1.29 is 4.39 Å². The fraction of sp³-hybridized carbons (Fsp3) is 0.357. The van der Waals surface area contributed by atoms with E-state index in [0.29, 0.717) is 6.04 Å². The number of hydrogen-bond acceptors (Lipinski definition) is 2. The first-order chi connectivity index (χ1) is 8.65. The maximum Gasteiger partial charge on any atom is 0.123 e. The Morgan fingerprint density at radius 1 is 1.33 bits per heavy atom. The van der Waals surface area contributed by atoms with E-state index >= 15 is 0 Å². The normalized spacial score (nSPS) is 12.6. The molecule has 0 aliphatic heterocycles. The Morgan fingerprint density at radius 3 is 2.67 bits per heavy atom. The SMILES string of the molecule is CC(Cc1ccc(F)cc1)NCc1nccn1C. The maximum absolute atomic E-state index is 12.8. The lowest BCUT2D eigenvalue weighted by molar-refractivity contribution is 0.525. The molecule has 0 saturated heterocycles. The molecule has 18 heavy (non-hydrogen) atoms. The van der Waals surface area contributed by atoms with Crippen molar-refractivity contribution in [2.45, 2.75) is 25.9 Å². The molecular weight excluding hydrogens is 229 g/mol. The van der Waals surface area contributed by atoms with E-state index in [9.17, 15) is 4.39 Å². The van der Waals surface area contributed by atoms with Crippen molar-refractivity contribution in [2.24, 2.45) is 7.05 Å². The first-order valence-corrected chi connectivity index (χ1v) is 6.09. The topological polar surface area (TPSA) is 29.9 Å². The second-order valence-corrected chi connectivity index (χ2v) is 4.57. The van der Waals surface area contributed by atoms with E-state index in [4.69, 9.17) is 0 Å². The molecule has 0 fully saturated rings. The summed E-state index contributed by atoms with van der Waals surface area (Å²) in [5, 5.41) is 3.41. The van der Waals surface area contributed by atoms with Crippen LogP contribution in [0.3, 0.4) is 0 Å². The first kappa shape index (κ1) is 12.8. The highest BCUT2D eigenvalue weighted by atomic mass is 19.1. The second kappa shape index (κ2) is 5.78. The summed E-state index contributed by atoms with van der Waals surface area (Å²) in [6.07, 6.45) is 4.61. The van der Waals surface area contributed by atoms with Gasteiger partial charge in [-0.15, -0.1) is 0 Å². The van der Waals surface area contributed by atoms with Crippen LogP contribution in [0.1, 0.15) is 18.3 Å². The molecule has 0 radical (unpaired) electrons. The minimum Gasteiger partial charge on any atom is -0.337 e. The third-order valence-corrected chi connectivity index (χ3v) is 2.98. The molecule has 0 spiro atoms. The van der Waals surface area contributed by atoms with Gasteiger partial charge in [0, 0.05) is 25.5 Å². The zero-order valence-electron chi connectivity index (χ0n) is 10.7. The Bertz CT molecular complexity index is 490. The monoisotopic (exact) mass is 247 g/mol. The van der Waals surface area contributed by atoms with Crippen LogP contribution in [0.25, 0.3) is 0 Å². The Morgan fingerprint density at radius 2 is 2.06 bits per heavy atom. The van der Waals surface area contributed by atoms with Crippen molar-refractivity contribution >= 4 is 0 Å². The van der Waals surface area contributed by atoms with E-state index in [-0.39, 0.29) is 5.82 Å². The van der Waals surface area contributed by atoms with E-state index in [1.54, 1.807) is 6.20 Å². The number of aromatic nitrogens is 2. The van der Waals surface area contributed by atoms with Crippen LogP contribution < -0.4 is 5.32 Å². The van der Waals surface area contributed by atoms with Crippen LogP contribution in [0, 0.1) is 5.82 Å². The highest BCUT2D eigenvalue weighted by Crippen LogP contribution is 2.06. The lowest BCUT2D eigenvalue weighted by atomic mass is 10.1. The lowest BCUT2D eigenvalue weighted by Gasteiger charge is -2.13. The summed E-state index contributed by atoms with van der Waals surface area (Å²) in [5.74, 6) is 0.827. The molecule has 1 aromatic carbocycles. The Labute approximate surface area is 107 Å². The molecule has 2 aromatic rings. The van der Waals surface area contributed by atoms with Gasteiger partial charge in [-0.1, -0.05) is 12.1 Å². The van der Waals surface area contributed by atoms with Crippen LogP contribution in [-0.2, 0) is 20.0 Å². The molecule has 0 saturated carbocycles. The zero-order chi connectivity index (χ0) is 13.0. The Hall–Kier alpha value is -1.68. The van der Waals surface area contributed by atoms with Crippen molar-refractivity contribution in [2.75, 3.05) is 0 Å². The average Bonchev–Trinajstić information content (AvgIpc) is 2.75. The number of halogens is 1. The number of benzene rings is 1. The fourth-order valence-electron chi connectivity index (χ4n) is 1.88. The van der Waals surface area contributed by atoms with Gasteiger partial charge in [0.05, 0.1) is 6.54 Å². The summed E-state index contributed by atoms with van der Waals surface area (Å²) in [6, 6.07) is 6.98. The lowest BCUT2D eigenvalue weighted by Crippen LogP contribution is -2.28. The summed E-state index contributed by atoms with van der Waals surface area (Å²) in [7, 11) is 1.98. The average molecular weight is 247 g/mol. The van der Waals surface area contributed by atoms with E-state index < -0.39 is 0 Å². The van der Waals surface area contributed by atoms with Crippen LogP contribution in [0.4, 0.5) is 4.39 Å². The summed E-state index contributed by atoms with van der Waals surface area (Å²) >= 11 is 0. The predicted molar refractivity (Wildman–Crippen MR) is 69.6 cm³/mol. The molecule has 0 bridgehead atoms. The maximum atomic E-state index is 12.8. The van der Waals surface area contributed by atoms with Gasteiger partial charge in [0.1, 0.15) is 11.6 Å². The molecule has 0 aliphatic carbocycles. The molecule has 0 aliphatic rings. The molecule has 1 aromatic heterocycles. The highest BCUT2D eigenvalue weighted by Gasteiger charge is 2.05. The van der Waals surface area contributed by atoms with E-state index in [2.05, 4.69) is 17.2 Å². The van der Waals surface area contributed by atoms with Crippen molar-refractivity contribution in [1.82, 2.24) is 14.9 Å². The van der Waals surface area contributed by atoms with Crippen LogP contribution in [0.5, 0.6) is 0 Å². The van der Waals surface area contributed by atoms with Gasteiger partial charge >= 0.3 is 0 Å². The summed E-state index contributed by atoms with van der Waals surface area (Å²) in [5.41, 5.74) is 1.14. The molecule has 0 amide bonds. The largest absolute Gasteiger partial charge is 0.337 e. The molecule has 1 atom stereocenters. The van der Waals surface area contributed by atoms with Gasteiger partial charge in [0.25, 0.3) is 0 Å². The summed E-state index contributed by atoms with van der Waals surface area (Å²) < 4.78 is 14.8. The molecule has 96 valence electrons. The molecule has 1 N–H and O–H groups in total. The number of hydrogen-bond donors (Lipinski definition) is 1. The summed E-state index contributed by atoms with van der Waals surface area (Å²) in [4.78, 5) is 4.26. The van der Waals surface area contributed by atoms with Gasteiger partial charge in [-0.05, 0) is 31.0 Å². The molecule has 1 heterocycles. The van der Waals surface area contributed by atoms with Crippen molar-refractivity contribution in [3.8, 4) is 0 Å². The van der Waals surface area contributed by atoms with Gasteiger partial charge < -0.3 is 9.88 Å². The fourth-order valence-corrected chi connectivity index (χ4v) is 1.88. The van der Waals surface area contributed by atoms with Crippen molar-refractivity contribution in [1.29, 1.82) is 0 Å². The number of aryl methyl sites for hydroxylation is 1. The van der Waals surface area contributed by atoms with Gasteiger partial charge in [-0.2, -0.15) is 0 Å². The minimum atomic E-state index is -0.188. The quantitative estimate of drug-likeness (QED) is 0.878. The van der Waals surface area contributed by atoms with Crippen LogP contribution >= 0.6 is 0 Å². The summed E-state index contributed by atoms with van der Waals surface area (Å²) in [6.45, 7) is 2.86. The molecule has 2 rings (SSSR count). The molecule has 1 unspecified atom stereocenters. The molecular formula is C14H18FN3. The van der Waals surface area contributed by atoms with E-state index in [1.165, 1.54) is 12.1 Å². The van der Waals surface area contributed by atoms with Gasteiger partial charge in [-0.25, -0.2) is 9.37 Å². The number of imidazole rings is 1. The van der Waals surface area contributed by atoms with E-state index in [0.717, 1.165) is 24.4 Å². The second-order valence-electron chi connectivity index (χ2n) is 4.57. The standard InChI is InChI=1S/C14H18FN3/c1-11(9-12-3-5-13(15)6-4-12)17-10-14-16-7-8-18(14)2/h3-8,11,17H,9-10H2,1-2H3. The molecule has 4 heteroatoms. The van der Waals surface area contributed by atoms with Gasteiger partial charge in [0.2, 0.25) is 0 Å². The highest BCUT2D eigenvalue weighted by molar-refractivity contribution is 5.17. The predicted octanol–water partition coefficient (Wildman–Crippen LogP) is 2.28. The third kappa shape index (κ3) is 3.40. The van der Waals surface area contributed by atoms with Gasteiger partial charge in [0.15, 0.2) is 0 Å². The zero-order valence-corrected chi connectivity index (χ0v) is 10.7. The third-order valence-electron chi connectivity index (χ3n) is 2.98. The number of nitrogens with zero attached hydrogens (tertiary/aromatic N) is 2. The van der Waals surface area contributed by atoms with E-state index in [1.807, 2.05) is 29.9 Å². The van der Waals surface area contributed by atoms with Crippen LogP contribution in [0.2, 0.25) is 0 Å². The molecule has 3 nitrogen and oxygen atoms in total. The van der Waals surface area contributed by atoms with Crippen LogP contribution in [0.15, 0.2) is 36.7 Å². The Kier molecular flexibility index (Phi) is 4.10. The smallest absolute Gasteiger partial charge is 0.123 e. The number of rotatable bonds is 5. The van der Waals surface area contributed by atoms with Crippen molar-refractivity contribution in [3.05, 3.63) is 53.9 Å². The van der Waals surface area contributed by atoms with Crippen LogP contribution in [-0.4, -0.2) is 15.6 Å². The van der Waals surface area contributed by atoms with Crippen molar-refractivity contribution in [3.63, 3.8) is 0 Å². The minimum absolute atomic E-state index is 0.188. The first-order valence-electron chi connectivity index (χ1n) is 6.09. The van der Waals surface area contributed by atoms with Gasteiger partial charge in [-0.3, -0.25) is 0 Å². The Balaban J connectivity index is 1.83. The number of nitrogens with one attached hydrogen (secondary N) is 1.